The van der Waals surface area contributed by atoms with Gasteiger partial charge in [0.05, 0.1) is 5.69 Å². The van der Waals surface area contributed by atoms with Crippen molar-refractivity contribution in [2.45, 2.75) is 52.4 Å². The minimum absolute atomic E-state index is 0.110. The lowest BCUT2D eigenvalue weighted by Gasteiger charge is -2.18. The lowest BCUT2D eigenvalue weighted by molar-refractivity contribution is 0.0940. The Morgan fingerprint density at radius 2 is 1.89 bits per heavy atom. The third kappa shape index (κ3) is 4.27. The number of carbonyl (C=O) groups excluding carboxylic acids is 1. The van der Waals surface area contributed by atoms with E-state index in [2.05, 4.69) is 50.8 Å². The number of carbonyl (C=O) groups is 1. The molecule has 0 radical (unpaired) electrons. The van der Waals surface area contributed by atoms with Gasteiger partial charge >= 0.3 is 0 Å². The van der Waals surface area contributed by atoms with E-state index in [1.54, 1.807) is 6.08 Å². The molecule has 0 saturated carbocycles. The minimum atomic E-state index is -0.110. The molecule has 0 aromatic heterocycles. The molecule has 1 heterocycles. The van der Waals surface area contributed by atoms with Crippen LogP contribution in [-0.4, -0.2) is 11.5 Å². The number of Topliss-reactive ketones (excluding diaryl/α,β-unsaturated/α-hetero) is 1. The highest BCUT2D eigenvalue weighted by molar-refractivity contribution is 6.04. The molecule has 0 fully saturated rings. The zero-order valence-corrected chi connectivity index (χ0v) is 16.5. The number of aryl methyl sites for hydroxylation is 2. The molecule has 1 atom stereocenters. The SMILES string of the molecule is C=CC(CCC)C(=O)c1ccc2c(c1)N=C(CCC)c1ccccc1CC2. The predicted octanol–water partition coefficient (Wildman–Crippen LogP) is 6.49. The molecule has 140 valence electrons. The number of ketones is 1. The lowest BCUT2D eigenvalue weighted by atomic mass is 9.90. The summed E-state index contributed by atoms with van der Waals surface area (Å²) in [4.78, 5) is 17.9. The normalized spacial score (nSPS) is 14.2. The predicted molar refractivity (Wildman–Crippen MR) is 114 cm³/mol. The number of fused-ring (bicyclic) bond motifs is 2. The topological polar surface area (TPSA) is 29.4 Å². The van der Waals surface area contributed by atoms with E-state index in [0.717, 1.165) is 55.5 Å². The highest BCUT2D eigenvalue weighted by atomic mass is 16.1. The molecule has 2 nitrogen and oxygen atoms in total. The first kappa shape index (κ1) is 19.3. The molecule has 1 aliphatic heterocycles. The van der Waals surface area contributed by atoms with Crippen LogP contribution in [0.1, 0.15) is 66.6 Å². The average molecular weight is 360 g/mol. The van der Waals surface area contributed by atoms with Gasteiger partial charge in [-0.05, 0) is 48.4 Å². The largest absolute Gasteiger partial charge is 0.294 e. The van der Waals surface area contributed by atoms with Crippen molar-refractivity contribution in [3.63, 3.8) is 0 Å². The average Bonchev–Trinajstić information content (AvgIpc) is 2.69. The van der Waals surface area contributed by atoms with Crippen LogP contribution in [0.4, 0.5) is 5.69 Å². The summed E-state index contributed by atoms with van der Waals surface area (Å²) in [5.41, 5.74) is 6.69. The number of nitrogens with zero attached hydrogens (tertiary/aromatic N) is 1. The molecule has 2 heteroatoms. The molecule has 0 spiro atoms. The number of benzene rings is 2. The van der Waals surface area contributed by atoms with Gasteiger partial charge in [0.15, 0.2) is 5.78 Å². The van der Waals surface area contributed by atoms with Crippen LogP contribution >= 0.6 is 0 Å². The molecular weight excluding hydrogens is 330 g/mol. The second kappa shape index (κ2) is 8.94. The Kier molecular flexibility index (Phi) is 6.39. The maximum atomic E-state index is 12.9. The van der Waals surface area contributed by atoms with Crippen LogP contribution in [-0.2, 0) is 12.8 Å². The fourth-order valence-corrected chi connectivity index (χ4v) is 3.84. The van der Waals surface area contributed by atoms with Gasteiger partial charge in [0, 0.05) is 17.2 Å². The quantitative estimate of drug-likeness (QED) is 0.410. The molecule has 0 N–H and O–H groups in total. The van der Waals surface area contributed by atoms with Gasteiger partial charge in [0.25, 0.3) is 0 Å². The van der Waals surface area contributed by atoms with E-state index >= 15 is 0 Å². The Labute approximate surface area is 163 Å². The first-order valence-corrected chi connectivity index (χ1v) is 10.1. The molecule has 2 aromatic carbocycles. The summed E-state index contributed by atoms with van der Waals surface area (Å²) in [5.74, 6) is 0.0470. The first-order chi connectivity index (χ1) is 13.2. The van der Waals surface area contributed by atoms with Crippen LogP contribution in [0.2, 0.25) is 0 Å². The fraction of sp³-hybridized carbons (Fsp3) is 0.360. The molecule has 3 rings (SSSR count). The second-order valence-electron chi connectivity index (χ2n) is 7.30. The Balaban J connectivity index is 2.04. The van der Waals surface area contributed by atoms with Gasteiger partial charge in [-0.2, -0.15) is 0 Å². The monoisotopic (exact) mass is 359 g/mol. The summed E-state index contributed by atoms with van der Waals surface area (Å²) in [7, 11) is 0. The third-order valence-corrected chi connectivity index (χ3v) is 5.32. The van der Waals surface area contributed by atoms with E-state index in [1.165, 1.54) is 16.7 Å². The zero-order valence-electron chi connectivity index (χ0n) is 16.5. The Morgan fingerprint density at radius 3 is 2.63 bits per heavy atom. The van der Waals surface area contributed by atoms with Gasteiger partial charge in [-0.15, -0.1) is 6.58 Å². The number of rotatable bonds is 7. The van der Waals surface area contributed by atoms with Crippen molar-refractivity contribution in [2.24, 2.45) is 10.9 Å². The zero-order chi connectivity index (χ0) is 19.2. The maximum absolute atomic E-state index is 12.9. The molecule has 0 amide bonds. The van der Waals surface area contributed by atoms with Gasteiger partial charge in [-0.3, -0.25) is 9.79 Å². The minimum Gasteiger partial charge on any atom is -0.294 e. The van der Waals surface area contributed by atoms with Crippen molar-refractivity contribution in [3.8, 4) is 0 Å². The maximum Gasteiger partial charge on any atom is 0.169 e. The summed E-state index contributed by atoms with van der Waals surface area (Å²) < 4.78 is 0. The van der Waals surface area contributed by atoms with Gasteiger partial charge in [0.2, 0.25) is 0 Å². The van der Waals surface area contributed by atoms with E-state index in [-0.39, 0.29) is 11.7 Å². The molecule has 1 aliphatic rings. The molecule has 0 bridgehead atoms. The van der Waals surface area contributed by atoms with Crippen molar-refractivity contribution in [2.75, 3.05) is 0 Å². The summed E-state index contributed by atoms with van der Waals surface area (Å²) >= 11 is 0. The Morgan fingerprint density at radius 1 is 1.11 bits per heavy atom. The van der Waals surface area contributed by atoms with E-state index in [1.807, 2.05) is 12.1 Å². The first-order valence-electron chi connectivity index (χ1n) is 10.1. The van der Waals surface area contributed by atoms with Crippen LogP contribution < -0.4 is 0 Å². The highest BCUT2D eigenvalue weighted by Gasteiger charge is 2.19. The van der Waals surface area contributed by atoms with E-state index in [0.29, 0.717) is 0 Å². The van der Waals surface area contributed by atoms with E-state index in [9.17, 15) is 4.79 Å². The van der Waals surface area contributed by atoms with E-state index < -0.39 is 0 Å². The van der Waals surface area contributed by atoms with Crippen LogP contribution in [0.3, 0.4) is 0 Å². The lowest BCUT2D eigenvalue weighted by Crippen LogP contribution is -2.13. The second-order valence-corrected chi connectivity index (χ2v) is 7.30. The van der Waals surface area contributed by atoms with Crippen LogP contribution in [0.5, 0.6) is 0 Å². The summed E-state index contributed by atoms with van der Waals surface area (Å²) in [6.07, 6.45) is 7.55. The van der Waals surface area contributed by atoms with Crippen molar-refractivity contribution < 1.29 is 4.79 Å². The summed E-state index contributed by atoms with van der Waals surface area (Å²) in [5, 5.41) is 0. The summed E-state index contributed by atoms with van der Waals surface area (Å²) in [6, 6.07) is 14.6. The smallest absolute Gasteiger partial charge is 0.169 e. The van der Waals surface area contributed by atoms with Crippen molar-refractivity contribution in [3.05, 3.63) is 77.4 Å². The van der Waals surface area contributed by atoms with Gasteiger partial charge in [-0.1, -0.05) is 69.2 Å². The molecule has 27 heavy (non-hydrogen) atoms. The van der Waals surface area contributed by atoms with Crippen molar-refractivity contribution in [1.29, 1.82) is 0 Å². The Hall–Kier alpha value is -2.48. The molecule has 0 aliphatic carbocycles. The summed E-state index contributed by atoms with van der Waals surface area (Å²) in [6.45, 7) is 8.14. The van der Waals surface area contributed by atoms with E-state index in [4.69, 9.17) is 4.99 Å². The van der Waals surface area contributed by atoms with Gasteiger partial charge in [0.1, 0.15) is 0 Å². The molecule has 2 aromatic rings. The van der Waals surface area contributed by atoms with Gasteiger partial charge in [-0.25, -0.2) is 0 Å². The number of hydrogen-bond donors (Lipinski definition) is 0. The molecule has 1 unspecified atom stereocenters. The highest BCUT2D eigenvalue weighted by Crippen LogP contribution is 2.30. The number of allylic oxidation sites excluding steroid dienone is 1. The van der Waals surface area contributed by atoms with Crippen molar-refractivity contribution >= 4 is 17.2 Å². The molecular formula is C25H29NO. The van der Waals surface area contributed by atoms with Crippen LogP contribution in [0.25, 0.3) is 0 Å². The number of aliphatic imine (C=N–C) groups is 1. The van der Waals surface area contributed by atoms with Gasteiger partial charge < -0.3 is 0 Å². The number of hydrogen-bond acceptors (Lipinski definition) is 2. The Bertz CT molecular complexity index is 862. The third-order valence-electron chi connectivity index (χ3n) is 5.32. The fourth-order valence-electron chi connectivity index (χ4n) is 3.84. The van der Waals surface area contributed by atoms with Crippen LogP contribution in [0.15, 0.2) is 60.1 Å². The van der Waals surface area contributed by atoms with Crippen molar-refractivity contribution in [1.82, 2.24) is 0 Å². The molecule has 0 saturated heterocycles. The standard InChI is InChI=1S/C25H29NO/c1-4-9-18(6-3)25(27)21-16-15-20-14-13-19-11-7-8-12-22(19)23(10-5-2)26-24(20)17-21/h6-8,11-12,15-18H,3-5,9-10,13-14H2,1-2H3. The van der Waals surface area contributed by atoms with Crippen LogP contribution in [0, 0.1) is 5.92 Å².